The highest BCUT2D eigenvalue weighted by Crippen LogP contribution is 2.38. The number of allylic oxidation sites excluding steroid dienone is 1. The van der Waals surface area contributed by atoms with E-state index in [1.165, 1.54) is 11.3 Å². The van der Waals surface area contributed by atoms with Crippen LogP contribution in [0.25, 0.3) is 6.08 Å². The van der Waals surface area contributed by atoms with Gasteiger partial charge in [0, 0.05) is 15.6 Å². The summed E-state index contributed by atoms with van der Waals surface area (Å²) in [6.07, 6.45) is 3.08. The third-order valence-electron chi connectivity index (χ3n) is 7.06. The van der Waals surface area contributed by atoms with Crippen LogP contribution in [-0.4, -0.2) is 24.3 Å². The van der Waals surface area contributed by atoms with Crippen LogP contribution in [0.3, 0.4) is 0 Å². The number of hydrogen-bond acceptors (Lipinski definition) is 8. The van der Waals surface area contributed by atoms with Crippen molar-refractivity contribution in [3.8, 4) is 17.6 Å². The van der Waals surface area contributed by atoms with Gasteiger partial charge in [-0.2, -0.15) is 5.26 Å². The fourth-order valence-corrected chi connectivity index (χ4v) is 6.43. The van der Waals surface area contributed by atoms with E-state index in [9.17, 15) is 9.59 Å². The van der Waals surface area contributed by atoms with E-state index in [0.717, 1.165) is 22.0 Å². The van der Waals surface area contributed by atoms with Crippen LogP contribution in [0.4, 0.5) is 0 Å². The number of methoxy groups -OCH3 is 1. The summed E-state index contributed by atoms with van der Waals surface area (Å²) in [4.78, 5) is 33.0. The topological polar surface area (TPSA) is 103 Å². The lowest BCUT2D eigenvalue weighted by Gasteiger charge is -2.27. The summed E-state index contributed by atoms with van der Waals surface area (Å²) in [6, 6.07) is 21.5. The van der Waals surface area contributed by atoms with Gasteiger partial charge in [0.1, 0.15) is 24.1 Å². The highest BCUT2D eigenvalue weighted by Gasteiger charge is 2.36. The number of fused-ring (bicyclic) bond motifs is 1. The summed E-state index contributed by atoms with van der Waals surface area (Å²) in [5, 5.41) is 9.07. The van der Waals surface area contributed by atoms with E-state index in [1.54, 1.807) is 42.9 Å². The Kier molecular flexibility index (Phi) is 9.78. The van der Waals surface area contributed by atoms with Crippen molar-refractivity contribution >= 4 is 39.3 Å². The number of carbonyl (C=O) groups excluding carboxylic acids is 1. The fraction of sp³-hybridized carbons (Fsp3) is 0.235. The molecule has 1 aliphatic heterocycles. The molecular formula is C34H30BrN3O5S. The number of rotatable bonds is 10. The van der Waals surface area contributed by atoms with E-state index in [1.807, 2.05) is 55.5 Å². The average Bonchev–Trinajstić information content (AvgIpc) is 3.34. The summed E-state index contributed by atoms with van der Waals surface area (Å²) in [5.74, 6) is 0.628. The first kappa shape index (κ1) is 31.0. The number of nitrogens with zero attached hydrogens (tertiary/aromatic N) is 3. The number of benzene rings is 3. The molecule has 0 amide bonds. The van der Waals surface area contributed by atoms with Crippen LogP contribution in [0.2, 0.25) is 0 Å². The molecule has 0 N–H and O–H groups in total. The molecule has 3 aromatic carbocycles. The molecule has 44 heavy (non-hydrogen) atoms. The zero-order valence-corrected chi connectivity index (χ0v) is 26.9. The summed E-state index contributed by atoms with van der Waals surface area (Å²) < 4.78 is 20.1. The second-order valence-electron chi connectivity index (χ2n) is 9.94. The van der Waals surface area contributed by atoms with Crippen molar-refractivity contribution in [3.63, 3.8) is 0 Å². The van der Waals surface area contributed by atoms with Crippen LogP contribution in [0.1, 0.15) is 55.0 Å². The molecule has 0 bridgehead atoms. The Morgan fingerprint density at radius 3 is 2.59 bits per heavy atom. The normalized spacial score (nSPS) is 14.4. The predicted molar refractivity (Wildman–Crippen MR) is 172 cm³/mol. The van der Waals surface area contributed by atoms with Crippen molar-refractivity contribution in [2.24, 2.45) is 4.99 Å². The molecule has 0 unspecified atom stereocenters. The largest absolute Gasteiger partial charge is 0.496 e. The third kappa shape index (κ3) is 6.39. The standard InChI is InChI=1S/C34H30BrN3O5S/c1-4-8-26-30(33(40)42-5-2)31(25-18-24(35)15-16-28(25)41-3)38-32(39)29(44-34(38)37-26)17-23-9-6-7-10-27(23)43-20-22-13-11-21(19-36)12-14-22/h6-7,9-18,31H,4-5,8,20H2,1-3H3/b29-17+/t31-/m0/s1. The zero-order chi connectivity index (χ0) is 31.2. The molecule has 10 heteroatoms. The lowest BCUT2D eigenvalue weighted by molar-refractivity contribution is -0.139. The minimum absolute atomic E-state index is 0.188. The van der Waals surface area contributed by atoms with Crippen molar-refractivity contribution < 1.29 is 19.0 Å². The lowest BCUT2D eigenvalue weighted by Crippen LogP contribution is -2.40. The van der Waals surface area contributed by atoms with Crippen LogP contribution in [0.5, 0.6) is 11.5 Å². The lowest BCUT2D eigenvalue weighted by atomic mass is 9.93. The number of aromatic nitrogens is 1. The number of esters is 1. The molecule has 0 saturated carbocycles. The smallest absolute Gasteiger partial charge is 0.338 e. The monoisotopic (exact) mass is 671 g/mol. The van der Waals surface area contributed by atoms with Crippen LogP contribution in [0.15, 0.2) is 92.3 Å². The Morgan fingerprint density at radius 2 is 1.89 bits per heavy atom. The van der Waals surface area contributed by atoms with Gasteiger partial charge in [-0.15, -0.1) is 0 Å². The maximum absolute atomic E-state index is 14.2. The highest BCUT2D eigenvalue weighted by molar-refractivity contribution is 9.10. The molecule has 224 valence electrons. The Balaban J connectivity index is 1.65. The van der Waals surface area contributed by atoms with Gasteiger partial charge in [0.15, 0.2) is 4.80 Å². The SMILES string of the molecule is CCCC1=C(C(=O)OCC)[C@H](c2cc(Br)ccc2OC)n2c(s/c(=C/c3ccccc3OCc3ccc(C#N)cc3)c2=O)=N1. The van der Waals surface area contributed by atoms with Crippen molar-refractivity contribution in [1.29, 1.82) is 5.26 Å². The number of hydrogen-bond donors (Lipinski definition) is 0. The van der Waals surface area contributed by atoms with Gasteiger partial charge in [0.05, 0.1) is 41.2 Å². The molecule has 1 aliphatic rings. The van der Waals surface area contributed by atoms with Crippen molar-refractivity contribution in [2.75, 3.05) is 13.7 Å². The molecule has 0 spiro atoms. The maximum Gasteiger partial charge on any atom is 0.338 e. The minimum atomic E-state index is -0.802. The van der Waals surface area contributed by atoms with E-state index < -0.39 is 12.0 Å². The number of para-hydroxylation sites is 1. The molecule has 0 aliphatic carbocycles. The second-order valence-corrected chi connectivity index (χ2v) is 11.9. The van der Waals surface area contributed by atoms with E-state index in [0.29, 0.717) is 56.3 Å². The Labute approximate surface area is 267 Å². The summed E-state index contributed by atoms with van der Waals surface area (Å²) in [7, 11) is 1.56. The van der Waals surface area contributed by atoms with Crippen LogP contribution >= 0.6 is 27.3 Å². The van der Waals surface area contributed by atoms with Crippen molar-refractivity contribution in [3.05, 3.63) is 124 Å². The Bertz CT molecular complexity index is 1950. The molecule has 4 aromatic rings. The van der Waals surface area contributed by atoms with Gasteiger partial charge in [-0.25, -0.2) is 9.79 Å². The Morgan fingerprint density at radius 1 is 1.11 bits per heavy atom. The van der Waals surface area contributed by atoms with Gasteiger partial charge in [-0.1, -0.05) is 70.9 Å². The number of carbonyl (C=O) groups is 1. The molecule has 5 rings (SSSR count). The number of ether oxygens (including phenoxy) is 3. The predicted octanol–water partition coefficient (Wildman–Crippen LogP) is 5.80. The first-order valence-electron chi connectivity index (χ1n) is 14.1. The summed E-state index contributed by atoms with van der Waals surface area (Å²) >= 11 is 4.81. The van der Waals surface area contributed by atoms with E-state index >= 15 is 0 Å². The third-order valence-corrected chi connectivity index (χ3v) is 8.54. The quantitative estimate of drug-likeness (QED) is 0.198. The minimum Gasteiger partial charge on any atom is -0.496 e. The van der Waals surface area contributed by atoms with Crippen molar-refractivity contribution in [1.82, 2.24) is 4.57 Å². The number of halogens is 1. The molecule has 0 fully saturated rings. The maximum atomic E-state index is 14.2. The molecule has 0 radical (unpaired) electrons. The average molecular weight is 673 g/mol. The first-order chi connectivity index (χ1) is 21.4. The van der Waals surface area contributed by atoms with Gasteiger partial charge in [0.25, 0.3) is 5.56 Å². The van der Waals surface area contributed by atoms with Crippen LogP contribution in [-0.2, 0) is 16.1 Å². The molecule has 0 saturated heterocycles. The van der Waals surface area contributed by atoms with Gasteiger partial charge in [0.2, 0.25) is 0 Å². The Hall–Kier alpha value is -4.46. The molecular weight excluding hydrogens is 642 g/mol. The van der Waals surface area contributed by atoms with Gasteiger partial charge < -0.3 is 14.2 Å². The zero-order valence-electron chi connectivity index (χ0n) is 24.5. The summed E-state index contributed by atoms with van der Waals surface area (Å²) in [6.45, 7) is 4.25. The van der Waals surface area contributed by atoms with Gasteiger partial charge >= 0.3 is 5.97 Å². The number of thiazole rings is 1. The van der Waals surface area contributed by atoms with E-state index in [-0.39, 0.29) is 12.2 Å². The molecule has 1 aromatic heterocycles. The van der Waals surface area contributed by atoms with E-state index in [2.05, 4.69) is 22.0 Å². The molecule has 2 heterocycles. The summed E-state index contributed by atoms with van der Waals surface area (Å²) in [5.41, 5.74) is 3.49. The van der Waals surface area contributed by atoms with Crippen molar-refractivity contribution in [2.45, 2.75) is 39.3 Å². The highest BCUT2D eigenvalue weighted by atomic mass is 79.9. The first-order valence-corrected chi connectivity index (χ1v) is 15.8. The fourth-order valence-electron chi connectivity index (χ4n) is 5.04. The van der Waals surface area contributed by atoms with Crippen LogP contribution in [0, 0.1) is 11.3 Å². The molecule has 8 nitrogen and oxygen atoms in total. The van der Waals surface area contributed by atoms with Gasteiger partial charge in [-0.05, 0) is 61.4 Å². The van der Waals surface area contributed by atoms with Crippen LogP contribution < -0.4 is 24.4 Å². The van der Waals surface area contributed by atoms with Gasteiger partial charge in [-0.3, -0.25) is 9.36 Å². The second kappa shape index (κ2) is 13.9. The van der Waals surface area contributed by atoms with E-state index in [4.69, 9.17) is 24.5 Å². The number of nitriles is 1. The molecule has 1 atom stereocenters.